The lowest BCUT2D eigenvalue weighted by Gasteiger charge is -2.35. The number of nitrogens with one attached hydrogen (secondary N) is 2. The van der Waals surface area contributed by atoms with Crippen LogP contribution in [0.3, 0.4) is 0 Å². The van der Waals surface area contributed by atoms with Gasteiger partial charge in [0.25, 0.3) is 5.69 Å². The second-order valence-corrected chi connectivity index (χ2v) is 8.17. The zero-order valence-electron chi connectivity index (χ0n) is 18.8. The van der Waals surface area contributed by atoms with Crippen molar-refractivity contribution in [1.82, 2.24) is 10.2 Å². The molecule has 1 saturated heterocycles. The number of aryl methyl sites for hydroxylation is 1. The topological polar surface area (TPSA) is 114 Å². The van der Waals surface area contributed by atoms with E-state index in [0.29, 0.717) is 31.9 Å². The fourth-order valence-corrected chi connectivity index (χ4v) is 4.21. The van der Waals surface area contributed by atoms with Gasteiger partial charge in [-0.3, -0.25) is 24.6 Å². The Hall–Kier alpha value is -3.82. The largest absolute Gasteiger partial charge is 0.379 e. The summed E-state index contributed by atoms with van der Waals surface area (Å²) in [7, 11) is 0. The predicted octanol–water partition coefficient (Wildman–Crippen LogP) is 3.18. The monoisotopic (exact) mass is 462 g/mol. The lowest BCUT2D eigenvalue weighted by Crippen LogP contribution is -2.45. The van der Waals surface area contributed by atoms with Crippen LogP contribution in [0.4, 0.5) is 11.4 Å². The molecular formula is C25H26N4O5. The number of ether oxygens (including phenoxy) is 1. The molecule has 0 aliphatic carbocycles. The molecule has 1 heterocycles. The van der Waals surface area contributed by atoms with Crippen molar-refractivity contribution >= 4 is 34.0 Å². The summed E-state index contributed by atoms with van der Waals surface area (Å²) in [6, 6.07) is 18.3. The van der Waals surface area contributed by atoms with Gasteiger partial charge in [0, 0.05) is 25.7 Å². The van der Waals surface area contributed by atoms with Crippen molar-refractivity contribution in [3.05, 3.63) is 81.9 Å². The van der Waals surface area contributed by atoms with Crippen LogP contribution in [0.2, 0.25) is 0 Å². The second-order valence-electron chi connectivity index (χ2n) is 8.17. The van der Waals surface area contributed by atoms with Crippen LogP contribution in [0.15, 0.2) is 60.7 Å². The molecule has 1 aliphatic rings. The summed E-state index contributed by atoms with van der Waals surface area (Å²) in [4.78, 5) is 38.1. The summed E-state index contributed by atoms with van der Waals surface area (Å²) in [6.45, 7) is 4.50. The number of morpholine rings is 1. The number of benzene rings is 3. The third kappa shape index (κ3) is 5.22. The highest BCUT2D eigenvalue weighted by Crippen LogP contribution is 2.29. The van der Waals surface area contributed by atoms with Gasteiger partial charge in [0.15, 0.2) is 0 Å². The van der Waals surface area contributed by atoms with Crippen LogP contribution < -0.4 is 10.6 Å². The summed E-state index contributed by atoms with van der Waals surface area (Å²) < 4.78 is 5.49. The molecule has 176 valence electrons. The number of carbonyl (C=O) groups is 2. The van der Waals surface area contributed by atoms with Crippen molar-refractivity contribution in [2.75, 3.05) is 38.2 Å². The highest BCUT2D eigenvalue weighted by molar-refractivity contribution is 6.39. The van der Waals surface area contributed by atoms with Gasteiger partial charge in [0.1, 0.15) is 5.69 Å². The summed E-state index contributed by atoms with van der Waals surface area (Å²) in [6.07, 6.45) is 0. The molecule has 9 nitrogen and oxygen atoms in total. The van der Waals surface area contributed by atoms with Crippen molar-refractivity contribution in [3.8, 4) is 0 Å². The van der Waals surface area contributed by atoms with Crippen molar-refractivity contribution in [2.45, 2.75) is 13.0 Å². The number of hydrogen-bond donors (Lipinski definition) is 2. The average molecular weight is 463 g/mol. The molecule has 0 aromatic heterocycles. The van der Waals surface area contributed by atoms with Crippen LogP contribution in [0.5, 0.6) is 0 Å². The lowest BCUT2D eigenvalue weighted by atomic mass is 9.97. The van der Waals surface area contributed by atoms with Crippen molar-refractivity contribution in [2.24, 2.45) is 0 Å². The van der Waals surface area contributed by atoms with E-state index in [9.17, 15) is 19.7 Å². The maximum Gasteiger partial charge on any atom is 0.313 e. The Bertz CT molecular complexity index is 1220. The number of nitrogens with zero attached hydrogens (tertiary/aromatic N) is 2. The van der Waals surface area contributed by atoms with E-state index in [2.05, 4.69) is 15.5 Å². The first-order chi connectivity index (χ1) is 16.4. The van der Waals surface area contributed by atoms with Crippen molar-refractivity contribution in [3.63, 3.8) is 0 Å². The SMILES string of the molecule is Cc1ccc(NC(=O)C(=O)NCC(c2cccc3ccccc23)N2CCOCC2)c([N+](=O)[O-])c1. The van der Waals surface area contributed by atoms with Crippen LogP contribution in [0.25, 0.3) is 10.8 Å². The highest BCUT2D eigenvalue weighted by atomic mass is 16.6. The van der Waals surface area contributed by atoms with Gasteiger partial charge in [-0.05, 0) is 34.9 Å². The molecule has 0 spiro atoms. The molecule has 34 heavy (non-hydrogen) atoms. The average Bonchev–Trinajstić information content (AvgIpc) is 2.85. The van der Waals surface area contributed by atoms with E-state index < -0.39 is 16.7 Å². The van der Waals surface area contributed by atoms with E-state index in [1.807, 2.05) is 42.5 Å². The van der Waals surface area contributed by atoms with Gasteiger partial charge in [-0.2, -0.15) is 0 Å². The molecule has 2 N–H and O–H groups in total. The lowest BCUT2D eigenvalue weighted by molar-refractivity contribution is -0.384. The van der Waals surface area contributed by atoms with Crippen LogP contribution in [0, 0.1) is 17.0 Å². The first-order valence-corrected chi connectivity index (χ1v) is 11.1. The number of amides is 2. The molecule has 1 fully saturated rings. The first kappa shape index (κ1) is 23.3. The molecule has 1 aliphatic heterocycles. The van der Waals surface area contributed by atoms with Gasteiger partial charge in [-0.15, -0.1) is 0 Å². The molecular weight excluding hydrogens is 436 g/mol. The Morgan fingerprint density at radius 2 is 1.79 bits per heavy atom. The number of fused-ring (bicyclic) bond motifs is 1. The summed E-state index contributed by atoms with van der Waals surface area (Å²) in [5.41, 5.74) is 1.45. The van der Waals surface area contributed by atoms with Crippen molar-refractivity contribution in [1.29, 1.82) is 0 Å². The minimum absolute atomic E-state index is 0.0190. The molecule has 3 aromatic carbocycles. The van der Waals surface area contributed by atoms with E-state index in [0.717, 1.165) is 16.3 Å². The molecule has 1 atom stereocenters. The number of hydrogen-bond acceptors (Lipinski definition) is 6. The van der Waals surface area contributed by atoms with Crippen LogP contribution >= 0.6 is 0 Å². The molecule has 0 bridgehead atoms. The van der Waals surface area contributed by atoms with E-state index >= 15 is 0 Å². The fourth-order valence-electron chi connectivity index (χ4n) is 4.21. The number of anilines is 1. The number of nitro benzene ring substituents is 1. The normalized spacial score (nSPS) is 15.0. The molecule has 3 aromatic rings. The Morgan fingerprint density at radius 1 is 1.06 bits per heavy atom. The quantitative estimate of drug-likeness (QED) is 0.330. The van der Waals surface area contributed by atoms with Crippen LogP contribution in [0.1, 0.15) is 17.2 Å². The Labute approximate surface area is 196 Å². The Balaban J connectivity index is 1.52. The summed E-state index contributed by atoms with van der Waals surface area (Å²) >= 11 is 0. The summed E-state index contributed by atoms with van der Waals surface area (Å²) in [5.74, 6) is -1.81. The zero-order valence-corrected chi connectivity index (χ0v) is 18.8. The molecule has 4 rings (SSSR count). The maximum atomic E-state index is 12.6. The van der Waals surface area contributed by atoms with Crippen molar-refractivity contribution < 1.29 is 19.2 Å². The first-order valence-electron chi connectivity index (χ1n) is 11.1. The van der Waals surface area contributed by atoms with Gasteiger partial charge < -0.3 is 15.4 Å². The smallest absolute Gasteiger partial charge is 0.313 e. The molecule has 2 amide bonds. The highest BCUT2D eigenvalue weighted by Gasteiger charge is 2.26. The number of nitro groups is 1. The van der Waals surface area contributed by atoms with E-state index in [1.54, 1.807) is 13.0 Å². The van der Waals surface area contributed by atoms with Crippen LogP contribution in [-0.4, -0.2) is 54.5 Å². The van der Waals surface area contributed by atoms with E-state index in [4.69, 9.17) is 4.74 Å². The van der Waals surface area contributed by atoms with Gasteiger partial charge in [0.05, 0.1) is 24.2 Å². The second kappa shape index (κ2) is 10.4. The van der Waals surface area contributed by atoms with E-state index in [-0.39, 0.29) is 24.0 Å². The Morgan fingerprint density at radius 3 is 2.56 bits per heavy atom. The third-order valence-corrected chi connectivity index (χ3v) is 5.93. The van der Waals surface area contributed by atoms with Crippen LogP contribution in [-0.2, 0) is 14.3 Å². The molecule has 0 saturated carbocycles. The maximum absolute atomic E-state index is 12.6. The van der Waals surface area contributed by atoms with E-state index in [1.165, 1.54) is 12.1 Å². The standard InChI is InChI=1S/C25H26N4O5/c1-17-9-10-21(22(15-17)29(32)33)27-25(31)24(30)26-16-23(28-11-13-34-14-12-28)20-8-4-6-18-5-2-3-7-19(18)20/h2-10,15,23H,11-14,16H2,1H3,(H,26,30)(H,27,31). The predicted molar refractivity (Wildman–Crippen MR) is 129 cm³/mol. The summed E-state index contributed by atoms with van der Waals surface area (Å²) in [5, 5.41) is 18.6. The number of carbonyl (C=O) groups excluding carboxylic acids is 2. The minimum atomic E-state index is -0.953. The van der Waals surface area contributed by atoms with Gasteiger partial charge >= 0.3 is 11.8 Å². The minimum Gasteiger partial charge on any atom is -0.379 e. The Kier molecular flexibility index (Phi) is 7.15. The molecule has 9 heteroatoms. The van der Waals surface area contributed by atoms with Gasteiger partial charge in [0.2, 0.25) is 0 Å². The zero-order chi connectivity index (χ0) is 24.1. The van der Waals surface area contributed by atoms with Gasteiger partial charge in [-0.1, -0.05) is 48.5 Å². The van der Waals surface area contributed by atoms with Gasteiger partial charge in [-0.25, -0.2) is 0 Å². The fraction of sp³-hybridized carbons (Fsp3) is 0.280. The molecule has 0 radical (unpaired) electrons. The number of rotatable bonds is 6. The third-order valence-electron chi connectivity index (χ3n) is 5.93. The molecule has 1 unspecified atom stereocenters.